The first-order valence-corrected chi connectivity index (χ1v) is 8.52. The summed E-state index contributed by atoms with van der Waals surface area (Å²) in [6.07, 6.45) is 3.47. The van der Waals surface area contributed by atoms with Crippen molar-refractivity contribution in [3.05, 3.63) is 65.9 Å². The summed E-state index contributed by atoms with van der Waals surface area (Å²) in [4.78, 5) is 19.0. The van der Waals surface area contributed by atoms with E-state index in [1.807, 2.05) is 0 Å². The third kappa shape index (κ3) is 3.10. The fourth-order valence-corrected chi connectivity index (χ4v) is 3.23. The van der Waals surface area contributed by atoms with Gasteiger partial charge in [-0.1, -0.05) is 0 Å². The van der Waals surface area contributed by atoms with Gasteiger partial charge in [-0.15, -0.1) is 0 Å². The van der Waals surface area contributed by atoms with Crippen LogP contribution in [-0.2, 0) is 0 Å². The van der Waals surface area contributed by atoms with Crippen LogP contribution < -0.4 is 5.32 Å². The maximum atomic E-state index is 13.8. The van der Waals surface area contributed by atoms with Crippen molar-refractivity contribution < 1.29 is 13.6 Å². The van der Waals surface area contributed by atoms with Crippen molar-refractivity contribution in [3.8, 4) is 0 Å². The number of carbonyl (C=O) groups excluding carboxylic acids is 1. The number of nitrogens with one attached hydrogen (secondary N) is 1. The monoisotopic (exact) mass is 353 g/mol. The summed E-state index contributed by atoms with van der Waals surface area (Å²) in [5, 5.41) is 3.67. The molecule has 1 aromatic heterocycles. The normalized spacial score (nSPS) is 14.0. The van der Waals surface area contributed by atoms with Gasteiger partial charge in [-0.05, 0) is 55.3 Å². The predicted octanol–water partition coefficient (Wildman–Crippen LogP) is 4.49. The van der Waals surface area contributed by atoms with Gasteiger partial charge in [-0.2, -0.15) is 0 Å². The van der Waals surface area contributed by atoms with E-state index in [-0.39, 0.29) is 11.7 Å². The van der Waals surface area contributed by atoms with Gasteiger partial charge in [-0.3, -0.25) is 9.78 Å². The standard InChI is InChI=1S/C20H17F2N3O/c21-13-3-6-15(7-4-13)24-19-16-11-14(22)5-8-18(16)23-12-17(19)20(26)25-9-1-2-10-25/h3-8,11-12H,1-2,9-10H2,(H,23,24). The Kier molecular flexibility index (Phi) is 4.24. The molecule has 0 aliphatic carbocycles. The second kappa shape index (κ2) is 6.71. The summed E-state index contributed by atoms with van der Waals surface area (Å²) in [5.41, 5.74) is 2.06. The molecule has 0 bridgehead atoms. The van der Waals surface area contributed by atoms with Crippen molar-refractivity contribution in [2.45, 2.75) is 12.8 Å². The molecule has 132 valence electrons. The van der Waals surface area contributed by atoms with E-state index in [0.717, 1.165) is 12.8 Å². The minimum atomic E-state index is -0.410. The number of anilines is 2. The molecule has 6 heteroatoms. The number of likely N-dealkylation sites (tertiary alicyclic amines) is 1. The average Bonchev–Trinajstić information content (AvgIpc) is 3.18. The lowest BCUT2D eigenvalue weighted by atomic mass is 10.1. The van der Waals surface area contributed by atoms with E-state index < -0.39 is 5.82 Å². The molecule has 4 rings (SSSR count). The van der Waals surface area contributed by atoms with Crippen LogP contribution in [0.2, 0.25) is 0 Å². The highest BCUT2D eigenvalue weighted by Crippen LogP contribution is 2.31. The van der Waals surface area contributed by atoms with E-state index in [9.17, 15) is 13.6 Å². The van der Waals surface area contributed by atoms with Crippen molar-refractivity contribution in [1.82, 2.24) is 9.88 Å². The van der Waals surface area contributed by atoms with Gasteiger partial charge in [0.25, 0.3) is 5.91 Å². The number of carbonyl (C=O) groups is 1. The Labute approximate surface area is 149 Å². The number of aromatic nitrogens is 1. The Bertz CT molecular complexity index is 967. The maximum Gasteiger partial charge on any atom is 0.257 e. The molecular weight excluding hydrogens is 336 g/mol. The van der Waals surface area contributed by atoms with E-state index >= 15 is 0 Å². The molecule has 26 heavy (non-hydrogen) atoms. The quantitative estimate of drug-likeness (QED) is 0.754. The molecule has 3 aromatic rings. The number of benzene rings is 2. The molecule has 0 unspecified atom stereocenters. The van der Waals surface area contributed by atoms with Gasteiger partial charge in [-0.25, -0.2) is 8.78 Å². The van der Waals surface area contributed by atoms with Gasteiger partial charge in [0, 0.05) is 30.4 Å². The highest BCUT2D eigenvalue weighted by Gasteiger charge is 2.24. The smallest absolute Gasteiger partial charge is 0.257 e. The SMILES string of the molecule is O=C(c1cnc2ccc(F)cc2c1Nc1ccc(F)cc1)N1CCCC1. The number of rotatable bonds is 3. The zero-order valence-electron chi connectivity index (χ0n) is 14.0. The summed E-state index contributed by atoms with van der Waals surface area (Å²) in [7, 11) is 0. The average molecular weight is 353 g/mol. The van der Waals surface area contributed by atoms with Crippen LogP contribution in [0.5, 0.6) is 0 Å². The van der Waals surface area contributed by atoms with E-state index in [0.29, 0.717) is 40.9 Å². The zero-order valence-corrected chi connectivity index (χ0v) is 14.0. The number of amides is 1. The van der Waals surface area contributed by atoms with Gasteiger partial charge in [0.1, 0.15) is 11.6 Å². The summed E-state index contributed by atoms with van der Waals surface area (Å²) in [5.74, 6) is -0.896. The van der Waals surface area contributed by atoms with Crippen LogP contribution in [0, 0.1) is 11.6 Å². The van der Waals surface area contributed by atoms with Crippen LogP contribution in [0.1, 0.15) is 23.2 Å². The van der Waals surface area contributed by atoms with Crippen LogP contribution >= 0.6 is 0 Å². The van der Waals surface area contributed by atoms with E-state index in [2.05, 4.69) is 10.3 Å². The fourth-order valence-electron chi connectivity index (χ4n) is 3.23. The summed E-state index contributed by atoms with van der Waals surface area (Å²) in [6, 6.07) is 10.1. The van der Waals surface area contributed by atoms with Gasteiger partial charge < -0.3 is 10.2 Å². The fraction of sp³-hybridized carbons (Fsp3) is 0.200. The second-order valence-electron chi connectivity index (χ2n) is 6.34. The van der Waals surface area contributed by atoms with Crippen LogP contribution in [0.25, 0.3) is 10.9 Å². The van der Waals surface area contributed by atoms with E-state index in [4.69, 9.17) is 0 Å². The molecule has 1 saturated heterocycles. The van der Waals surface area contributed by atoms with Crippen molar-refractivity contribution in [3.63, 3.8) is 0 Å². The molecule has 1 amide bonds. The van der Waals surface area contributed by atoms with Crippen LogP contribution in [0.3, 0.4) is 0 Å². The van der Waals surface area contributed by atoms with Gasteiger partial charge >= 0.3 is 0 Å². The Balaban J connectivity index is 1.84. The second-order valence-corrected chi connectivity index (χ2v) is 6.34. The Morgan fingerprint density at radius 3 is 2.42 bits per heavy atom. The minimum absolute atomic E-state index is 0.134. The van der Waals surface area contributed by atoms with Gasteiger partial charge in [0.05, 0.1) is 16.8 Å². The van der Waals surface area contributed by atoms with Crippen LogP contribution in [0.4, 0.5) is 20.2 Å². The highest BCUT2D eigenvalue weighted by molar-refractivity contribution is 6.08. The molecule has 4 nitrogen and oxygen atoms in total. The first-order valence-electron chi connectivity index (χ1n) is 8.52. The summed E-state index contributed by atoms with van der Waals surface area (Å²) in [6.45, 7) is 1.41. The number of hydrogen-bond acceptors (Lipinski definition) is 3. The maximum absolute atomic E-state index is 13.8. The van der Waals surface area contributed by atoms with Crippen molar-refractivity contribution >= 4 is 28.2 Å². The summed E-state index contributed by atoms with van der Waals surface area (Å²) < 4.78 is 27.0. The van der Waals surface area contributed by atoms with Crippen molar-refractivity contribution in [2.24, 2.45) is 0 Å². The van der Waals surface area contributed by atoms with Gasteiger partial charge in [0.15, 0.2) is 0 Å². The Morgan fingerprint density at radius 1 is 1.00 bits per heavy atom. The topological polar surface area (TPSA) is 45.2 Å². The Hall–Kier alpha value is -3.02. The zero-order chi connectivity index (χ0) is 18.1. The molecule has 0 atom stereocenters. The number of fused-ring (bicyclic) bond motifs is 1. The highest BCUT2D eigenvalue weighted by atomic mass is 19.1. The largest absolute Gasteiger partial charge is 0.354 e. The third-order valence-electron chi connectivity index (χ3n) is 4.57. The number of pyridine rings is 1. The molecule has 1 fully saturated rings. The predicted molar refractivity (Wildman–Crippen MR) is 96.5 cm³/mol. The molecule has 2 heterocycles. The van der Waals surface area contributed by atoms with Crippen molar-refractivity contribution in [2.75, 3.05) is 18.4 Å². The third-order valence-corrected chi connectivity index (χ3v) is 4.57. The number of nitrogens with zero attached hydrogens (tertiary/aromatic N) is 2. The summed E-state index contributed by atoms with van der Waals surface area (Å²) >= 11 is 0. The lowest BCUT2D eigenvalue weighted by Crippen LogP contribution is -2.28. The number of halogens is 2. The molecule has 0 spiro atoms. The lowest BCUT2D eigenvalue weighted by molar-refractivity contribution is 0.0793. The molecular formula is C20H17F2N3O. The van der Waals surface area contributed by atoms with E-state index in [1.54, 1.807) is 23.1 Å². The van der Waals surface area contributed by atoms with Gasteiger partial charge in [0.2, 0.25) is 0 Å². The molecule has 0 radical (unpaired) electrons. The first kappa shape index (κ1) is 16.4. The Morgan fingerprint density at radius 2 is 1.69 bits per heavy atom. The molecule has 2 aromatic carbocycles. The molecule has 1 aliphatic heterocycles. The molecule has 1 N–H and O–H groups in total. The molecule has 0 saturated carbocycles. The first-order chi connectivity index (χ1) is 12.6. The van der Waals surface area contributed by atoms with Crippen LogP contribution in [-0.4, -0.2) is 28.9 Å². The number of hydrogen-bond donors (Lipinski definition) is 1. The minimum Gasteiger partial charge on any atom is -0.354 e. The van der Waals surface area contributed by atoms with E-state index in [1.165, 1.54) is 30.5 Å². The molecule has 1 aliphatic rings. The van der Waals surface area contributed by atoms with Crippen molar-refractivity contribution in [1.29, 1.82) is 0 Å². The lowest BCUT2D eigenvalue weighted by Gasteiger charge is -2.19. The van der Waals surface area contributed by atoms with Crippen LogP contribution in [0.15, 0.2) is 48.7 Å².